The fourth-order valence-electron chi connectivity index (χ4n) is 2.15. The lowest BCUT2D eigenvalue weighted by molar-refractivity contribution is 0.284. The van der Waals surface area contributed by atoms with E-state index in [4.69, 9.17) is 9.47 Å². The van der Waals surface area contributed by atoms with Crippen molar-refractivity contribution >= 4 is 12.4 Å². The molecule has 0 heterocycles. The first kappa shape index (κ1) is 21.3. The Morgan fingerprint density at radius 2 is 1.64 bits per heavy atom. The van der Waals surface area contributed by atoms with Gasteiger partial charge in [-0.3, -0.25) is 0 Å². The molecule has 0 saturated carbocycles. The van der Waals surface area contributed by atoms with E-state index in [1.54, 1.807) is 19.2 Å². The highest BCUT2D eigenvalue weighted by Crippen LogP contribution is 2.29. The Balaban J connectivity index is 0.00000312. The molecule has 2 aromatic rings. The van der Waals surface area contributed by atoms with Crippen molar-refractivity contribution in [1.29, 1.82) is 0 Å². The summed E-state index contributed by atoms with van der Waals surface area (Å²) in [5.74, 6) is 1.13. The van der Waals surface area contributed by atoms with Crippen LogP contribution in [0.3, 0.4) is 0 Å². The molecule has 5 heteroatoms. The van der Waals surface area contributed by atoms with Crippen molar-refractivity contribution in [3.8, 4) is 11.5 Å². The standard InChI is InChI=1S/C20H26FNO2.ClH/c1-5-20(2,3)22-13-16-8-11-18(19(12-16)23-4)24-14-15-6-9-17(21)10-7-15;/h6-12,22H,5,13-14H2,1-4H3;1H. The molecule has 0 bridgehead atoms. The average molecular weight is 368 g/mol. The van der Waals surface area contributed by atoms with Crippen molar-refractivity contribution in [1.82, 2.24) is 5.32 Å². The van der Waals surface area contributed by atoms with Crippen LogP contribution >= 0.6 is 12.4 Å². The van der Waals surface area contributed by atoms with Gasteiger partial charge in [0.2, 0.25) is 0 Å². The van der Waals surface area contributed by atoms with Crippen molar-refractivity contribution in [2.45, 2.75) is 45.9 Å². The first-order valence-electron chi connectivity index (χ1n) is 8.22. The normalized spacial score (nSPS) is 10.9. The molecule has 0 aromatic heterocycles. The van der Waals surface area contributed by atoms with Crippen molar-refractivity contribution in [2.75, 3.05) is 7.11 Å². The van der Waals surface area contributed by atoms with Gasteiger partial charge in [0.15, 0.2) is 11.5 Å². The van der Waals surface area contributed by atoms with E-state index in [9.17, 15) is 4.39 Å². The molecular formula is C20H27ClFNO2. The molecule has 0 saturated heterocycles. The third kappa shape index (κ3) is 6.56. The first-order valence-corrected chi connectivity index (χ1v) is 8.22. The summed E-state index contributed by atoms with van der Waals surface area (Å²) in [6.45, 7) is 7.68. The largest absolute Gasteiger partial charge is 0.493 e. The molecule has 0 amide bonds. The second kappa shape index (κ2) is 9.64. The van der Waals surface area contributed by atoms with E-state index in [1.165, 1.54) is 12.1 Å². The van der Waals surface area contributed by atoms with Gasteiger partial charge in [0.25, 0.3) is 0 Å². The Morgan fingerprint density at radius 3 is 2.24 bits per heavy atom. The fourth-order valence-corrected chi connectivity index (χ4v) is 2.15. The summed E-state index contributed by atoms with van der Waals surface area (Å²) in [5, 5.41) is 3.53. The van der Waals surface area contributed by atoms with Gasteiger partial charge in [-0.15, -0.1) is 12.4 Å². The molecule has 0 fully saturated rings. The van der Waals surface area contributed by atoms with Gasteiger partial charge in [0.05, 0.1) is 7.11 Å². The van der Waals surface area contributed by atoms with E-state index in [0.717, 1.165) is 24.1 Å². The van der Waals surface area contributed by atoms with E-state index >= 15 is 0 Å². The van der Waals surface area contributed by atoms with Gasteiger partial charge in [-0.05, 0) is 55.7 Å². The third-order valence-electron chi connectivity index (χ3n) is 4.19. The predicted octanol–water partition coefficient (Wildman–Crippen LogP) is 5.11. The molecule has 0 aliphatic heterocycles. The maximum absolute atomic E-state index is 12.9. The SMILES string of the molecule is CCC(C)(C)NCc1ccc(OCc2ccc(F)cc2)c(OC)c1.Cl. The maximum atomic E-state index is 12.9. The molecule has 0 spiro atoms. The fraction of sp³-hybridized carbons (Fsp3) is 0.400. The van der Waals surface area contributed by atoms with E-state index in [2.05, 4.69) is 26.1 Å². The second-order valence-electron chi connectivity index (χ2n) is 6.49. The molecule has 25 heavy (non-hydrogen) atoms. The van der Waals surface area contributed by atoms with Crippen LogP contribution in [0, 0.1) is 5.82 Å². The lowest BCUT2D eigenvalue weighted by Crippen LogP contribution is -2.37. The second-order valence-corrected chi connectivity index (χ2v) is 6.49. The van der Waals surface area contributed by atoms with Crippen molar-refractivity contribution in [3.05, 3.63) is 59.4 Å². The molecule has 1 N–H and O–H groups in total. The lowest BCUT2D eigenvalue weighted by atomic mass is 10.0. The van der Waals surface area contributed by atoms with Crippen LogP contribution in [0.15, 0.2) is 42.5 Å². The van der Waals surface area contributed by atoms with Gasteiger partial charge in [-0.1, -0.05) is 25.1 Å². The zero-order valence-electron chi connectivity index (χ0n) is 15.3. The summed E-state index contributed by atoms with van der Waals surface area (Å²) in [5.41, 5.74) is 2.15. The molecule has 0 aliphatic rings. The number of hydrogen-bond donors (Lipinski definition) is 1. The third-order valence-corrected chi connectivity index (χ3v) is 4.19. The van der Waals surface area contributed by atoms with Crippen LogP contribution in [0.4, 0.5) is 4.39 Å². The van der Waals surface area contributed by atoms with Gasteiger partial charge in [-0.25, -0.2) is 4.39 Å². The monoisotopic (exact) mass is 367 g/mol. The molecule has 2 aromatic carbocycles. The van der Waals surface area contributed by atoms with Crippen molar-refractivity contribution in [2.24, 2.45) is 0 Å². The van der Waals surface area contributed by atoms with E-state index in [1.807, 2.05) is 18.2 Å². The van der Waals surface area contributed by atoms with E-state index in [0.29, 0.717) is 18.1 Å². The number of rotatable bonds is 8. The molecule has 3 nitrogen and oxygen atoms in total. The van der Waals surface area contributed by atoms with E-state index in [-0.39, 0.29) is 23.8 Å². The van der Waals surface area contributed by atoms with Crippen LogP contribution in [-0.4, -0.2) is 12.6 Å². The van der Waals surface area contributed by atoms with Gasteiger partial charge < -0.3 is 14.8 Å². The Bertz CT molecular complexity index is 659. The molecule has 0 atom stereocenters. The average Bonchev–Trinajstić information content (AvgIpc) is 2.60. The minimum absolute atomic E-state index is 0. The smallest absolute Gasteiger partial charge is 0.161 e. The topological polar surface area (TPSA) is 30.5 Å². The number of halogens is 2. The highest BCUT2D eigenvalue weighted by Gasteiger charge is 2.14. The summed E-state index contributed by atoms with van der Waals surface area (Å²) in [6.07, 6.45) is 1.06. The number of benzene rings is 2. The van der Waals surface area contributed by atoms with Gasteiger partial charge in [-0.2, -0.15) is 0 Å². The zero-order valence-corrected chi connectivity index (χ0v) is 16.1. The van der Waals surface area contributed by atoms with Crippen molar-refractivity contribution < 1.29 is 13.9 Å². The van der Waals surface area contributed by atoms with Gasteiger partial charge >= 0.3 is 0 Å². The Kier molecular flexibility index (Phi) is 8.20. The number of ether oxygens (including phenoxy) is 2. The van der Waals surface area contributed by atoms with Crippen LogP contribution in [-0.2, 0) is 13.2 Å². The van der Waals surface area contributed by atoms with Crippen LogP contribution < -0.4 is 14.8 Å². The molecule has 0 unspecified atom stereocenters. The summed E-state index contributed by atoms with van der Waals surface area (Å²) in [4.78, 5) is 0. The molecular weight excluding hydrogens is 341 g/mol. The van der Waals surface area contributed by atoms with Crippen LogP contribution in [0.2, 0.25) is 0 Å². The molecule has 2 rings (SSSR count). The highest BCUT2D eigenvalue weighted by molar-refractivity contribution is 5.85. The van der Waals surface area contributed by atoms with Gasteiger partial charge in [0, 0.05) is 12.1 Å². The molecule has 0 aliphatic carbocycles. The number of hydrogen-bond acceptors (Lipinski definition) is 3. The Hall–Kier alpha value is -1.78. The molecule has 138 valence electrons. The number of methoxy groups -OCH3 is 1. The minimum atomic E-state index is -0.247. The van der Waals surface area contributed by atoms with E-state index < -0.39 is 0 Å². The van der Waals surface area contributed by atoms with Crippen molar-refractivity contribution in [3.63, 3.8) is 0 Å². The summed E-state index contributed by atoms with van der Waals surface area (Å²) in [6, 6.07) is 12.2. The molecule has 0 radical (unpaired) electrons. The minimum Gasteiger partial charge on any atom is -0.493 e. The summed E-state index contributed by atoms with van der Waals surface area (Å²) >= 11 is 0. The van der Waals surface area contributed by atoms with Crippen LogP contribution in [0.1, 0.15) is 38.3 Å². The quantitative estimate of drug-likeness (QED) is 0.703. The summed E-state index contributed by atoms with van der Waals surface area (Å²) < 4.78 is 24.2. The first-order chi connectivity index (χ1) is 11.4. The lowest BCUT2D eigenvalue weighted by Gasteiger charge is -2.24. The Morgan fingerprint density at radius 1 is 1.00 bits per heavy atom. The predicted molar refractivity (Wildman–Crippen MR) is 102 cm³/mol. The maximum Gasteiger partial charge on any atom is 0.161 e. The van der Waals surface area contributed by atoms with Gasteiger partial charge in [0.1, 0.15) is 12.4 Å². The summed E-state index contributed by atoms with van der Waals surface area (Å²) in [7, 11) is 1.63. The Labute approximate surface area is 156 Å². The highest BCUT2D eigenvalue weighted by atomic mass is 35.5. The van der Waals surface area contributed by atoms with Crippen LogP contribution in [0.25, 0.3) is 0 Å². The zero-order chi connectivity index (χ0) is 17.6. The van der Waals surface area contributed by atoms with Crippen LogP contribution in [0.5, 0.6) is 11.5 Å². The number of nitrogens with one attached hydrogen (secondary N) is 1.